The Morgan fingerprint density at radius 1 is 1.00 bits per heavy atom. The number of nitrogens with zero attached hydrogens (tertiary/aromatic N) is 1. The first-order valence-corrected chi connectivity index (χ1v) is 11.2. The monoisotopic (exact) mass is 506 g/mol. The third kappa shape index (κ3) is 5.26. The van der Waals surface area contributed by atoms with Gasteiger partial charge in [0.1, 0.15) is 12.3 Å². The minimum absolute atomic E-state index is 0.207. The highest BCUT2D eigenvalue weighted by atomic mass is 79.9. The van der Waals surface area contributed by atoms with Crippen molar-refractivity contribution in [1.82, 2.24) is 10.2 Å². The van der Waals surface area contributed by atoms with Gasteiger partial charge in [-0.25, -0.2) is 4.79 Å². The fourth-order valence-electron chi connectivity index (χ4n) is 3.45. The number of hydrogen-bond acceptors (Lipinski definition) is 4. The normalized spacial score (nSPS) is 14.5. The van der Waals surface area contributed by atoms with Crippen LogP contribution in [0.25, 0.3) is 6.08 Å². The molecule has 0 atom stereocenters. The van der Waals surface area contributed by atoms with E-state index in [1.807, 2.05) is 67.6 Å². The summed E-state index contributed by atoms with van der Waals surface area (Å²) in [6, 6.07) is 20.7. The number of carbonyl (C=O) groups is 2. The minimum Gasteiger partial charge on any atom is -0.493 e. The van der Waals surface area contributed by atoms with E-state index >= 15 is 0 Å². The van der Waals surface area contributed by atoms with Gasteiger partial charge in [-0.05, 0) is 57.8 Å². The predicted molar refractivity (Wildman–Crippen MR) is 130 cm³/mol. The number of nitrogens with one attached hydrogen (secondary N) is 1. The third-order valence-electron chi connectivity index (χ3n) is 5.21. The van der Waals surface area contributed by atoms with E-state index in [0.717, 1.165) is 16.7 Å². The van der Waals surface area contributed by atoms with Gasteiger partial charge in [-0.1, -0.05) is 60.2 Å². The predicted octanol–water partition coefficient (Wildman–Crippen LogP) is 5.44. The van der Waals surface area contributed by atoms with Crippen molar-refractivity contribution in [2.75, 3.05) is 7.11 Å². The Kier molecular flexibility index (Phi) is 6.79. The molecule has 7 heteroatoms. The number of rotatable bonds is 7. The van der Waals surface area contributed by atoms with Crippen LogP contribution in [-0.4, -0.2) is 23.9 Å². The number of benzene rings is 3. The standard InChI is InChI=1S/C26H23BrN2O4/c1-17-8-10-18(11-9-17)15-29-25(30)22(28-26(29)31)13-20-12-21(27)24(23(14-20)32-2)33-16-19-6-4-3-5-7-19/h3-14H,15-16H2,1-2H3,(H,28,31)/b22-13+. The molecule has 1 saturated heterocycles. The fraction of sp³-hybridized carbons (Fsp3) is 0.154. The van der Waals surface area contributed by atoms with E-state index in [2.05, 4.69) is 21.2 Å². The zero-order valence-corrected chi connectivity index (χ0v) is 19.9. The van der Waals surface area contributed by atoms with Gasteiger partial charge >= 0.3 is 6.03 Å². The lowest BCUT2D eigenvalue weighted by molar-refractivity contribution is -0.123. The van der Waals surface area contributed by atoms with Crippen molar-refractivity contribution in [2.24, 2.45) is 0 Å². The Hall–Kier alpha value is -3.58. The van der Waals surface area contributed by atoms with Crippen molar-refractivity contribution in [1.29, 1.82) is 0 Å². The summed E-state index contributed by atoms with van der Waals surface area (Å²) in [7, 11) is 1.56. The molecule has 0 radical (unpaired) electrons. The summed E-state index contributed by atoms with van der Waals surface area (Å²) in [6.07, 6.45) is 1.63. The second kappa shape index (κ2) is 9.92. The molecule has 3 amide bonds. The summed E-state index contributed by atoms with van der Waals surface area (Å²) in [5.41, 5.74) is 3.93. The van der Waals surface area contributed by atoms with Gasteiger partial charge in [0, 0.05) is 0 Å². The van der Waals surface area contributed by atoms with Crippen LogP contribution in [0.2, 0.25) is 0 Å². The summed E-state index contributed by atoms with van der Waals surface area (Å²) in [5, 5.41) is 2.66. The van der Waals surface area contributed by atoms with E-state index in [1.54, 1.807) is 19.3 Å². The number of urea groups is 1. The van der Waals surface area contributed by atoms with Crippen LogP contribution < -0.4 is 14.8 Å². The van der Waals surface area contributed by atoms with Gasteiger partial charge < -0.3 is 14.8 Å². The van der Waals surface area contributed by atoms with Crippen LogP contribution in [-0.2, 0) is 17.9 Å². The topological polar surface area (TPSA) is 67.9 Å². The van der Waals surface area contributed by atoms with Gasteiger partial charge in [-0.3, -0.25) is 9.69 Å². The Labute approximate surface area is 200 Å². The smallest absolute Gasteiger partial charge is 0.329 e. The molecule has 168 valence electrons. The Morgan fingerprint density at radius 2 is 1.73 bits per heavy atom. The second-order valence-electron chi connectivity index (χ2n) is 7.67. The molecule has 4 rings (SSSR count). The van der Waals surface area contributed by atoms with Crippen LogP contribution in [0.15, 0.2) is 76.9 Å². The molecule has 0 bridgehead atoms. The molecule has 1 N–H and O–H groups in total. The molecule has 0 aliphatic carbocycles. The number of carbonyl (C=O) groups excluding carboxylic acids is 2. The van der Waals surface area contributed by atoms with Crippen molar-refractivity contribution >= 4 is 33.9 Å². The summed E-state index contributed by atoms with van der Waals surface area (Å²) < 4.78 is 12.2. The lowest BCUT2D eigenvalue weighted by atomic mass is 10.1. The maximum Gasteiger partial charge on any atom is 0.329 e. The Balaban J connectivity index is 1.53. The van der Waals surface area contributed by atoms with Crippen molar-refractivity contribution in [3.8, 4) is 11.5 Å². The van der Waals surface area contributed by atoms with Gasteiger partial charge in [0.05, 0.1) is 18.1 Å². The van der Waals surface area contributed by atoms with E-state index in [-0.39, 0.29) is 18.1 Å². The maximum atomic E-state index is 12.9. The number of imide groups is 1. The van der Waals surface area contributed by atoms with Gasteiger partial charge in [-0.2, -0.15) is 0 Å². The summed E-state index contributed by atoms with van der Waals surface area (Å²) >= 11 is 3.53. The van der Waals surface area contributed by atoms with E-state index in [4.69, 9.17) is 9.47 Å². The Bertz CT molecular complexity index is 1210. The zero-order valence-electron chi connectivity index (χ0n) is 18.3. The highest BCUT2D eigenvalue weighted by Gasteiger charge is 2.33. The Morgan fingerprint density at radius 3 is 2.42 bits per heavy atom. The molecular weight excluding hydrogens is 484 g/mol. The minimum atomic E-state index is -0.444. The number of aryl methyl sites for hydroxylation is 1. The van der Waals surface area contributed by atoms with E-state index < -0.39 is 6.03 Å². The fourth-order valence-corrected chi connectivity index (χ4v) is 4.03. The van der Waals surface area contributed by atoms with Crippen LogP contribution in [0.1, 0.15) is 22.3 Å². The van der Waals surface area contributed by atoms with Crippen molar-refractivity contribution in [3.05, 3.63) is 99.2 Å². The lowest BCUT2D eigenvalue weighted by Gasteiger charge is -2.14. The molecule has 33 heavy (non-hydrogen) atoms. The summed E-state index contributed by atoms with van der Waals surface area (Å²) in [5.74, 6) is 0.701. The van der Waals surface area contributed by atoms with E-state index in [0.29, 0.717) is 28.1 Å². The van der Waals surface area contributed by atoms with Crippen LogP contribution in [0.4, 0.5) is 4.79 Å². The van der Waals surface area contributed by atoms with Crippen molar-refractivity contribution in [2.45, 2.75) is 20.1 Å². The van der Waals surface area contributed by atoms with E-state index in [1.165, 1.54) is 4.90 Å². The van der Waals surface area contributed by atoms with Crippen LogP contribution in [0.5, 0.6) is 11.5 Å². The molecule has 1 heterocycles. The first-order valence-electron chi connectivity index (χ1n) is 10.4. The average Bonchev–Trinajstić information content (AvgIpc) is 3.07. The molecule has 6 nitrogen and oxygen atoms in total. The molecule has 1 aliphatic heterocycles. The number of ether oxygens (including phenoxy) is 2. The number of methoxy groups -OCH3 is 1. The molecule has 1 fully saturated rings. The molecular formula is C26H23BrN2O4. The molecule has 3 aromatic carbocycles. The lowest BCUT2D eigenvalue weighted by Crippen LogP contribution is -2.30. The van der Waals surface area contributed by atoms with Gasteiger partial charge in [0.25, 0.3) is 5.91 Å². The van der Waals surface area contributed by atoms with Crippen molar-refractivity contribution in [3.63, 3.8) is 0 Å². The van der Waals surface area contributed by atoms with Crippen molar-refractivity contribution < 1.29 is 19.1 Å². The second-order valence-corrected chi connectivity index (χ2v) is 8.53. The third-order valence-corrected chi connectivity index (χ3v) is 5.80. The maximum absolute atomic E-state index is 12.9. The first-order chi connectivity index (χ1) is 15.9. The molecule has 0 unspecified atom stereocenters. The SMILES string of the molecule is COc1cc(/C=C2/NC(=O)N(Cc3ccc(C)cc3)C2=O)cc(Br)c1OCc1ccccc1. The van der Waals surface area contributed by atoms with Crippen LogP contribution >= 0.6 is 15.9 Å². The number of amides is 3. The highest BCUT2D eigenvalue weighted by Crippen LogP contribution is 2.38. The molecule has 1 aliphatic rings. The quantitative estimate of drug-likeness (QED) is 0.342. The van der Waals surface area contributed by atoms with Crippen LogP contribution in [0.3, 0.4) is 0 Å². The van der Waals surface area contributed by atoms with Gasteiger partial charge in [-0.15, -0.1) is 0 Å². The highest BCUT2D eigenvalue weighted by molar-refractivity contribution is 9.10. The molecule has 3 aromatic rings. The summed E-state index contributed by atoms with van der Waals surface area (Å²) in [6.45, 7) is 2.59. The van der Waals surface area contributed by atoms with Gasteiger partial charge in [0.15, 0.2) is 11.5 Å². The summed E-state index contributed by atoms with van der Waals surface area (Å²) in [4.78, 5) is 26.5. The average molecular weight is 507 g/mol. The van der Waals surface area contributed by atoms with Crippen LogP contribution in [0, 0.1) is 6.92 Å². The number of hydrogen-bond donors (Lipinski definition) is 1. The molecule has 0 aromatic heterocycles. The van der Waals surface area contributed by atoms with E-state index in [9.17, 15) is 9.59 Å². The largest absolute Gasteiger partial charge is 0.493 e. The first kappa shape index (κ1) is 22.6. The van der Waals surface area contributed by atoms with Gasteiger partial charge in [0.2, 0.25) is 0 Å². The number of halogens is 1. The zero-order chi connectivity index (χ0) is 23.4. The molecule has 0 spiro atoms. The molecule has 0 saturated carbocycles.